The van der Waals surface area contributed by atoms with Crippen LogP contribution in [0.1, 0.15) is 5.56 Å². The molecular formula is C12H12F6N2O2. The van der Waals surface area contributed by atoms with Crippen molar-refractivity contribution >= 4 is 6.03 Å². The van der Waals surface area contributed by atoms with Gasteiger partial charge in [-0.2, -0.15) is 13.2 Å². The van der Waals surface area contributed by atoms with E-state index in [1.807, 2.05) is 0 Å². The highest BCUT2D eigenvalue weighted by Crippen LogP contribution is 2.23. The second-order valence-corrected chi connectivity index (χ2v) is 4.32. The van der Waals surface area contributed by atoms with Crippen molar-refractivity contribution in [2.45, 2.75) is 19.1 Å². The molecule has 4 nitrogen and oxygen atoms in total. The Kier molecular flexibility index (Phi) is 5.50. The van der Waals surface area contributed by atoms with E-state index >= 15 is 0 Å². The number of halogens is 6. The summed E-state index contributed by atoms with van der Waals surface area (Å²) in [6, 6.07) is 3.69. The van der Waals surface area contributed by atoms with Gasteiger partial charge in [0.25, 0.3) is 0 Å². The topological polar surface area (TPSA) is 41.6 Å². The first-order chi connectivity index (χ1) is 9.96. The van der Waals surface area contributed by atoms with Crippen molar-refractivity contribution < 1.29 is 35.9 Å². The van der Waals surface area contributed by atoms with Crippen LogP contribution in [-0.4, -0.2) is 37.1 Å². The third-order valence-electron chi connectivity index (χ3n) is 2.36. The maximum atomic E-state index is 12.0. The van der Waals surface area contributed by atoms with E-state index in [2.05, 4.69) is 4.74 Å². The number of urea groups is 1. The average Bonchev–Trinajstić information content (AvgIpc) is 2.35. The van der Waals surface area contributed by atoms with Gasteiger partial charge in [-0.25, -0.2) is 4.79 Å². The number of carbonyl (C=O) groups excluding carboxylic acids is 1. The first-order valence-electron chi connectivity index (χ1n) is 5.87. The molecule has 0 aliphatic rings. The molecular weight excluding hydrogens is 318 g/mol. The summed E-state index contributed by atoms with van der Waals surface area (Å²) < 4.78 is 75.4. The SMILES string of the molecule is CN(Cc1ccc(OC(F)(F)F)cc1)C(=O)NCC(F)(F)F. The molecule has 1 aromatic rings. The van der Waals surface area contributed by atoms with Gasteiger partial charge in [-0.1, -0.05) is 12.1 Å². The number of nitrogens with one attached hydrogen (secondary N) is 1. The number of ether oxygens (including phenoxy) is 1. The summed E-state index contributed by atoms with van der Waals surface area (Å²) in [6.45, 7) is -1.54. The predicted octanol–water partition coefficient (Wildman–Crippen LogP) is 3.29. The number of nitrogens with zero attached hydrogens (tertiary/aromatic N) is 1. The van der Waals surface area contributed by atoms with Gasteiger partial charge in [-0.05, 0) is 17.7 Å². The van der Waals surface area contributed by atoms with Crippen LogP contribution >= 0.6 is 0 Å². The van der Waals surface area contributed by atoms with Crippen molar-refractivity contribution in [2.75, 3.05) is 13.6 Å². The van der Waals surface area contributed by atoms with Gasteiger partial charge in [0.1, 0.15) is 12.3 Å². The standard InChI is InChI=1S/C12H12F6N2O2/c1-20(10(21)19-7-11(13,14)15)6-8-2-4-9(5-3-8)22-12(16,17)18/h2-5H,6-7H2,1H3,(H,19,21). The van der Waals surface area contributed by atoms with Gasteiger partial charge >= 0.3 is 18.6 Å². The number of alkyl halides is 6. The third kappa shape index (κ3) is 7.04. The normalized spacial score (nSPS) is 12.0. The minimum atomic E-state index is -4.81. The lowest BCUT2D eigenvalue weighted by molar-refractivity contribution is -0.274. The molecule has 0 heterocycles. The van der Waals surface area contributed by atoms with E-state index in [1.165, 1.54) is 19.2 Å². The van der Waals surface area contributed by atoms with Crippen molar-refractivity contribution in [1.82, 2.24) is 10.2 Å². The Labute approximate surface area is 121 Å². The molecule has 1 rings (SSSR count). The zero-order chi connectivity index (χ0) is 17.0. The minimum absolute atomic E-state index is 0.0734. The number of benzene rings is 1. The lowest BCUT2D eigenvalue weighted by Gasteiger charge is -2.19. The average molecular weight is 330 g/mol. The molecule has 0 spiro atoms. The summed E-state index contributed by atoms with van der Waals surface area (Å²) in [5, 5.41) is 1.67. The van der Waals surface area contributed by atoms with Crippen molar-refractivity contribution in [3.05, 3.63) is 29.8 Å². The summed E-state index contributed by atoms with van der Waals surface area (Å²) in [4.78, 5) is 12.4. The quantitative estimate of drug-likeness (QED) is 0.861. The number of hydrogen-bond donors (Lipinski definition) is 1. The summed E-state index contributed by atoms with van der Waals surface area (Å²) in [6.07, 6.45) is -9.33. The van der Waals surface area contributed by atoms with Crippen molar-refractivity contribution in [3.8, 4) is 5.75 Å². The Morgan fingerprint density at radius 3 is 2.14 bits per heavy atom. The van der Waals surface area contributed by atoms with Crippen LogP contribution in [0, 0.1) is 0 Å². The Morgan fingerprint density at radius 1 is 1.14 bits per heavy atom. The first-order valence-corrected chi connectivity index (χ1v) is 5.87. The fraction of sp³-hybridized carbons (Fsp3) is 0.417. The van der Waals surface area contributed by atoms with E-state index < -0.39 is 30.9 Å². The second kappa shape index (κ2) is 6.75. The van der Waals surface area contributed by atoms with E-state index in [0.717, 1.165) is 17.0 Å². The highest BCUT2D eigenvalue weighted by molar-refractivity contribution is 5.73. The van der Waals surface area contributed by atoms with Gasteiger partial charge < -0.3 is 15.0 Å². The Hall–Kier alpha value is -2.13. The molecule has 0 radical (unpaired) electrons. The Morgan fingerprint density at radius 2 is 1.68 bits per heavy atom. The molecule has 0 saturated heterocycles. The maximum Gasteiger partial charge on any atom is 0.573 e. The Balaban J connectivity index is 2.54. The summed E-state index contributed by atoms with van der Waals surface area (Å²) in [5.41, 5.74) is 0.430. The summed E-state index contributed by atoms with van der Waals surface area (Å²) in [5.74, 6) is -0.430. The van der Waals surface area contributed by atoms with Gasteiger partial charge in [0.2, 0.25) is 0 Å². The number of rotatable bonds is 4. The van der Waals surface area contributed by atoms with E-state index in [0.29, 0.717) is 5.56 Å². The molecule has 1 aromatic carbocycles. The van der Waals surface area contributed by atoms with Gasteiger partial charge in [0, 0.05) is 13.6 Å². The number of amides is 2. The van der Waals surface area contributed by atoms with E-state index in [9.17, 15) is 31.1 Å². The fourth-order valence-corrected chi connectivity index (χ4v) is 1.45. The first kappa shape index (κ1) is 17.9. The lowest BCUT2D eigenvalue weighted by Crippen LogP contribution is -2.41. The molecule has 1 N–H and O–H groups in total. The maximum absolute atomic E-state index is 12.0. The molecule has 2 amide bonds. The molecule has 0 aromatic heterocycles. The van der Waals surface area contributed by atoms with E-state index in [4.69, 9.17) is 0 Å². The molecule has 0 unspecified atom stereocenters. The van der Waals surface area contributed by atoms with Crippen LogP contribution in [0.15, 0.2) is 24.3 Å². The van der Waals surface area contributed by atoms with Crippen LogP contribution in [0.3, 0.4) is 0 Å². The molecule has 124 valence electrons. The van der Waals surface area contributed by atoms with Crippen molar-refractivity contribution in [3.63, 3.8) is 0 Å². The molecule has 0 aliphatic heterocycles. The smallest absolute Gasteiger partial charge is 0.406 e. The van der Waals surface area contributed by atoms with Gasteiger partial charge in [0.15, 0.2) is 0 Å². The molecule has 0 aliphatic carbocycles. The lowest BCUT2D eigenvalue weighted by atomic mass is 10.2. The van der Waals surface area contributed by atoms with Crippen LogP contribution in [-0.2, 0) is 6.54 Å². The van der Waals surface area contributed by atoms with Gasteiger partial charge in [-0.15, -0.1) is 13.2 Å². The van der Waals surface area contributed by atoms with Crippen LogP contribution in [0.25, 0.3) is 0 Å². The zero-order valence-corrected chi connectivity index (χ0v) is 11.3. The highest BCUT2D eigenvalue weighted by atomic mass is 19.4. The molecule has 0 fully saturated rings. The molecule has 0 saturated carbocycles. The molecule has 22 heavy (non-hydrogen) atoms. The predicted molar refractivity (Wildman–Crippen MR) is 64.0 cm³/mol. The van der Waals surface area contributed by atoms with Crippen LogP contribution < -0.4 is 10.1 Å². The van der Waals surface area contributed by atoms with Crippen LogP contribution in [0.5, 0.6) is 5.75 Å². The Bertz CT molecular complexity index is 498. The molecule has 10 heteroatoms. The second-order valence-electron chi connectivity index (χ2n) is 4.32. The third-order valence-corrected chi connectivity index (χ3v) is 2.36. The summed E-state index contributed by atoms with van der Waals surface area (Å²) in [7, 11) is 1.26. The monoisotopic (exact) mass is 330 g/mol. The minimum Gasteiger partial charge on any atom is -0.406 e. The van der Waals surface area contributed by atoms with Gasteiger partial charge in [0.05, 0.1) is 0 Å². The summed E-state index contributed by atoms with van der Waals surface area (Å²) >= 11 is 0. The number of hydrogen-bond acceptors (Lipinski definition) is 2. The van der Waals surface area contributed by atoms with Crippen LogP contribution in [0.2, 0.25) is 0 Å². The van der Waals surface area contributed by atoms with Crippen LogP contribution in [0.4, 0.5) is 31.1 Å². The fourth-order valence-electron chi connectivity index (χ4n) is 1.45. The zero-order valence-electron chi connectivity index (χ0n) is 11.3. The largest absolute Gasteiger partial charge is 0.573 e. The number of carbonyl (C=O) groups is 1. The van der Waals surface area contributed by atoms with E-state index in [1.54, 1.807) is 5.32 Å². The van der Waals surface area contributed by atoms with Crippen molar-refractivity contribution in [2.24, 2.45) is 0 Å². The van der Waals surface area contributed by atoms with Gasteiger partial charge in [-0.3, -0.25) is 0 Å². The highest BCUT2D eigenvalue weighted by Gasteiger charge is 2.31. The van der Waals surface area contributed by atoms with Crippen molar-refractivity contribution in [1.29, 1.82) is 0 Å². The van der Waals surface area contributed by atoms with E-state index in [-0.39, 0.29) is 6.54 Å². The molecule has 0 atom stereocenters. The molecule has 0 bridgehead atoms.